The second kappa shape index (κ2) is 7.29. The number of hydrogen-bond acceptors (Lipinski definition) is 5. The van der Waals surface area contributed by atoms with E-state index in [9.17, 15) is 4.79 Å². The first-order valence-corrected chi connectivity index (χ1v) is 10.2. The first-order chi connectivity index (χ1) is 14.7. The minimum absolute atomic E-state index is 0.0891. The van der Waals surface area contributed by atoms with Crippen molar-refractivity contribution in [1.82, 2.24) is 4.57 Å². The van der Waals surface area contributed by atoms with Gasteiger partial charge >= 0.3 is 0 Å². The molecule has 6 nitrogen and oxygen atoms in total. The molecule has 1 aromatic heterocycles. The number of nitrogens with zero attached hydrogens (tertiary/aromatic N) is 1. The maximum atomic E-state index is 13.6. The average Bonchev–Trinajstić information content (AvgIpc) is 3.23. The van der Waals surface area contributed by atoms with Gasteiger partial charge in [0.15, 0.2) is 23.0 Å². The number of hydrogen-bond donors (Lipinski definition) is 0. The molecule has 1 aliphatic rings. The molecule has 4 aromatic rings. The first-order valence-electron chi connectivity index (χ1n) is 9.67. The second-order valence-corrected chi connectivity index (χ2v) is 7.52. The Kier molecular flexibility index (Phi) is 4.59. The van der Waals surface area contributed by atoms with Crippen molar-refractivity contribution in [3.63, 3.8) is 0 Å². The summed E-state index contributed by atoms with van der Waals surface area (Å²) in [4.78, 5) is 13.6. The molecular formula is C23H20ClNO5. The van der Waals surface area contributed by atoms with Gasteiger partial charge in [0.25, 0.3) is 5.56 Å². The minimum atomic E-state index is -0.0891. The lowest BCUT2D eigenvalue weighted by Crippen LogP contribution is -2.21. The number of benzene rings is 3. The highest BCUT2D eigenvalue weighted by Gasteiger charge is 2.20. The van der Waals surface area contributed by atoms with Gasteiger partial charge in [-0.25, -0.2) is 0 Å². The molecule has 0 amide bonds. The fourth-order valence-electron chi connectivity index (χ4n) is 4.16. The maximum Gasteiger partial charge on any atom is 0.259 e. The minimum Gasteiger partial charge on any atom is -0.493 e. The predicted molar refractivity (Wildman–Crippen MR) is 118 cm³/mol. The molecule has 7 heteroatoms. The summed E-state index contributed by atoms with van der Waals surface area (Å²) in [5, 5.41) is 4.25. The van der Waals surface area contributed by atoms with Crippen molar-refractivity contribution in [2.24, 2.45) is 0 Å². The van der Waals surface area contributed by atoms with Gasteiger partial charge in [-0.05, 0) is 36.1 Å². The van der Waals surface area contributed by atoms with E-state index in [0.717, 1.165) is 27.1 Å². The van der Waals surface area contributed by atoms with Crippen LogP contribution >= 0.6 is 11.6 Å². The van der Waals surface area contributed by atoms with Gasteiger partial charge in [0.2, 0.25) is 6.79 Å². The number of aromatic nitrogens is 1. The van der Waals surface area contributed by atoms with Gasteiger partial charge < -0.3 is 23.5 Å². The molecule has 0 N–H and O–H groups in total. The summed E-state index contributed by atoms with van der Waals surface area (Å²) >= 11 is 5.97. The van der Waals surface area contributed by atoms with Gasteiger partial charge in [0.05, 0.1) is 25.1 Å². The van der Waals surface area contributed by atoms with E-state index in [1.807, 2.05) is 30.3 Å². The largest absolute Gasteiger partial charge is 0.493 e. The first kappa shape index (κ1) is 18.9. The van der Waals surface area contributed by atoms with Crippen molar-refractivity contribution in [2.75, 3.05) is 26.9 Å². The van der Waals surface area contributed by atoms with Crippen molar-refractivity contribution in [3.8, 4) is 23.0 Å². The number of aryl methyl sites for hydroxylation is 1. The summed E-state index contributed by atoms with van der Waals surface area (Å²) in [6, 6.07) is 11.6. The third-order valence-corrected chi connectivity index (χ3v) is 5.83. The van der Waals surface area contributed by atoms with Crippen LogP contribution in [0.3, 0.4) is 0 Å². The van der Waals surface area contributed by atoms with E-state index in [1.165, 1.54) is 0 Å². The van der Waals surface area contributed by atoms with Crippen LogP contribution in [0.4, 0.5) is 0 Å². The molecule has 30 heavy (non-hydrogen) atoms. The molecule has 1 aliphatic heterocycles. The Labute approximate surface area is 177 Å². The molecule has 0 radical (unpaired) electrons. The van der Waals surface area contributed by atoms with E-state index in [1.54, 1.807) is 24.9 Å². The zero-order chi connectivity index (χ0) is 20.8. The summed E-state index contributed by atoms with van der Waals surface area (Å²) in [6.45, 7) is 0.708. The zero-order valence-electron chi connectivity index (χ0n) is 16.7. The average molecular weight is 426 g/mol. The van der Waals surface area contributed by atoms with Crippen LogP contribution in [0.1, 0.15) is 6.42 Å². The highest BCUT2D eigenvalue weighted by atomic mass is 35.5. The fraction of sp³-hybridized carbons (Fsp3) is 0.261. The molecule has 0 fully saturated rings. The number of methoxy groups -OCH3 is 2. The van der Waals surface area contributed by atoms with Crippen LogP contribution in [-0.4, -0.2) is 31.5 Å². The summed E-state index contributed by atoms with van der Waals surface area (Å²) < 4.78 is 23.8. The lowest BCUT2D eigenvalue weighted by atomic mass is 9.99. The standard InChI is InChI=1S/C23H20ClNO5/c1-27-18-10-16-14-5-4-13-8-20-21(30-12-29-20)9-15(13)22(14)25(7-3-6-24)23(26)17(16)11-19(18)28-2/h4-5,8-11H,3,6-7,12H2,1-2H3. The van der Waals surface area contributed by atoms with Crippen LogP contribution in [-0.2, 0) is 6.54 Å². The highest BCUT2D eigenvalue weighted by Crippen LogP contribution is 2.41. The van der Waals surface area contributed by atoms with E-state index in [-0.39, 0.29) is 12.4 Å². The van der Waals surface area contributed by atoms with Gasteiger partial charge in [-0.15, -0.1) is 11.6 Å². The predicted octanol–water partition coefficient (Wildman–Crippen LogP) is 4.68. The molecular weight excluding hydrogens is 406 g/mol. The molecule has 2 heterocycles. The third-order valence-electron chi connectivity index (χ3n) is 5.56. The van der Waals surface area contributed by atoms with Crippen molar-refractivity contribution >= 4 is 44.0 Å². The van der Waals surface area contributed by atoms with Crippen LogP contribution in [0.15, 0.2) is 41.2 Å². The summed E-state index contributed by atoms with van der Waals surface area (Å²) in [6.07, 6.45) is 0.677. The molecule has 0 bridgehead atoms. The molecule has 0 unspecified atom stereocenters. The van der Waals surface area contributed by atoms with Gasteiger partial charge in [0.1, 0.15) is 0 Å². The molecule has 0 atom stereocenters. The smallest absolute Gasteiger partial charge is 0.259 e. The van der Waals surface area contributed by atoms with Crippen molar-refractivity contribution < 1.29 is 18.9 Å². The summed E-state index contributed by atoms with van der Waals surface area (Å²) in [7, 11) is 3.15. The number of rotatable bonds is 5. The van der Waals surface area contributed by atoms with Crippen molar-refractivity contribution in [1.29, 1.82) is 0 Å². The van der Waals surface area contributed by atoms with Gasteiger partial charge in [-0.1, -0.05) is 12.1 Å². The van der Waals surface area contributed by atoms with Gasteiger partial charge in [0, 0.05) is 28.6 Å². The molecule has 0 aliphatic carbocycles. The second-order valence-electron chi connectivity index (χ2n) is 7.14. The van der Waals surface area contributed by atoms with E-state index in [2.05, 4.69) is 0 Å². The number of pyridine rings is 1. The topological polar surface area (TPSA) is 58.9 Å². The molecule has 3 aromatic carbocycles. The third kappa shape index (κ3) is 2.75. The number of halogens is 1. The van der Waals surface area contributed by atoms with E-state index in [4.69, 9.17) is 30.5 Å². The molecule has 0 saturated heterocycles. The van der Waals surface area contributed by atoms with Crippen LogP contribution in [0.5, 0.6) is 23.0 Å². The molecule has 5 rings (SSSR count). The number of ether oxygens (including phenoxy) is 4. The lowest BCUT2D eigenvalue weighted by molar-refractivity contribution is 0.174. The van der Waals surface area contributed by atoms with Crippen molar-refractivity contribution in [2.45, 2.75) is 13.0 Å². The Morgan fingerprint density at radius 3 is 2.33 bits per heavy atom. The Morgan fingerprint density at radius 2 is 1.63 bits per heavy atom. The number of alkyl halides is 1. The highest BCUT2D eigenvalue weighted by molar-refractivity contribution is 6.18. The normalized spacial score (nSPS) is 12.8. The molecule has 0 saturated carbocycles. The quantitative estimate of drug-likeness (QED) is 0.343. The van der Waals surface area contributed by atoms with Crippen LogP contribution in [0.2, 0.25) is 0 Å². The summed E-state index contributed by atoms with van der Waals surface area (Å²) in [5.41, 5.74) is 0.759. The zero-order valence-corrected chi connectivity index (χ0v) is 17.4. The van der Waals surface area contributed by atoms with Gasteiger partial charge in [-0.3, -0.25) is 4.79 Å². The Balaban J connectivity index is 1.96. The van der Waals surface area contributed by atoms with Crippen LogP contribution in [0, 0.1) is 0 Å². The van der Waals surface area contributed by atoms with Crippen LogP contribution in [0.25, 0.3) is 32.4 Å². The van der Waals surface area contributed by atoms with Crippen molar-refractivity contribution in [3.05, 3.63) is 46.8 Å². The monoisotopic (exact) mass is 425 g/mol. The van der Waals surface area contributed by atoms with E-state index < -0.39 is 0 Å². The van der Waals surface area contributed by atoms with E-state index >= 15 is 0 Å². The fourth-order valence-corrected chi connectivity index (χ4v) is 4.28. The molecule has 0 spiro atoms. The summed E-state index contributed by atoms with van der Waals surface area (Å²) in [5.74, 6) is 2.96. The SMILES string of the molecule is COc1cc2c(=O)n(CCCCl)c3c4cc5c(cc4ccc3c2cc1OC)OCO5. The van der Waals surface area contributed by atoms with Gasteiger partial charge in [-0.2, -0.15) is 0 Å². The van der Waals surface area contributed by atoms with Crippen LogP contribution < -0.4 is 24.5 Å². The Morgan fingerprint density at radius 1 is 0.933 bits per heavy atom. The maximum absolute atomic E-state index is 13.6. The Bertz CT molecular complexity index is 1360. The molecule has 154 valence electrons. The van der Waals surface area contributed by atoms with E-state index in [0.29, 0.717) is 47.2 Å². The lowest BCUT2D eigenvalue weighted by Gasteiger charge is -2.17. The Hall–Kier alpha value is -3.12. The number of fused-ring (bicyclic) bond motifs is 6.